The third kappa shape index (κ3) is 3.05. The number of hydrogen-bond acceptors (Lipinski definition) is 5. The molecule has 3 aliphatic rings. The Morgan fingerprint density at radius 2 is 1.81 bits per heavy atom. The van der Waals surface area contributed by atoms with Gasteiger partial charge in [-0.25, -0.2) is 8.78 Å². The van der Waals surface area contributed by atoms with Gasteiger partial charge in [-0.2, -0.15) is 0 Å². The number of nitrogens with one attached hydrogen (secondary N) is 1. The molecule has 36 heavy (non-hydrogen) atoms. The number of nitrogens with zero attached hydrogens (tertiary/aromatic N) is 2. The average Bonchev–Trinajstić information content (AvgIpc) is 3.52. The van der Waals surface area contributed by atoms with Gasteiger partial charge >= 0.3 is 0 Å². The number of ketones is 1. The van der Waals surface area contributed by atoms with Crippen LogP contribution in [0.1, 0.15) is 40.2 Å². The summed E-state index contributed by atoms with van der Waals surface area (Å²) in [5.41, 5.74) is -0.0184. The molecule has 0 radical (unpaired) electrons. The average molecular weight is 489 g/mol. The van der Waals surface area contributed by atoms with Crippen LogP contribution in [0.4, 0.5) is 20.2 Å². The van der Waals surface area contributed by atoms with E-state index in [2.05, 4.69) is 5.32 Å². The number of Topliss-reactive ketones (excluding diaryl/α,β-unsaturated/α-hetero) is 1. The Labute approximate surface area is 204 Å². The summed E-state index contributed by atoms with van der Waals surface area (Å²) in [7, 11) is 0. The summed E-state index contributed by atoms with van der Waals surface area (Å²) in [6, 6.07) is 15.0. The molecule has 1 amide bonds. The zero-order valence-corrected chi connectivity index (χ0v) is 19.0. The molecule has 3 aliphatic heterocycles. The van der Waals surface area contributed by atoms with Gasteiger partial charge in [0.25, 0.3) is 5.69 Å². The van der Waals surface area contributed by atoms with Crippen LogP contribution >= 0.6 is 0 Å². The van der Waals surface area contributed by atoms with Gasteiger partial charge in [-0.1, -0.05) is 12.1 Å². The fourth-order valence-electron chi connectivity index (χ4n) is 6.55. The molecule has 2 fully saturated rings. The molecule has 0 bridgehead atoms. The van der Waals surface area contributed by atoms with Crippen LogP contribution < -0.4 is 5.32 Å². The molecule has 7 nitrogen and oxygen atoms in total. The van der Waals surface area contributed by atoms with E-state index in [0.717, 1.165) is 6.42 Å². The molecule has 0 aromatic heterocycles. The van der Waals surface area contributed by atoms with Crippen LogP contribution in [0, 0.1) is 27.7 Å². The van der Waals surface area contributed by atoms with Crippen LogP contribution in [0.5, 0.6) is 0 Å². The maximum absolute atomic E-state index is 14.6. The Kier molecular flexibility index (Phi) is 5.01. The summed E-state index contributed by atoms with van der Waals surface area (Å²) in [6.07, 6.45) is 1.42. The van der Waals surface area contributed by atoms with Crippen LogP contribution in [0.2, 0.25) is 0 Å². The first-order valence-electron chi connectivity index (χ1n) is 11.7. The first kappa shape index (κ1) is 22.5. The number of nitro groups is 1. The van der Waals surface area contributed by atoms with Crippen LogP contribution in [0.25, 0.3) is 0 Å². The lowest BCUT2D eigenvalue weighted by Gasteiger charge is -2.36. The molecule has 3 aromatic rings. The van der Waals surface area contributed by atoms with E-state index in [1.54, 1.807) is 12.1 Å². The summed E-state index contributed by atoms with van der Waals surface area (Å²) in [4.78, 5) is 41.1. The Bertz CT molecular complexity index is 1430. The van der Waals surface area contributed by atoms with Crippen LogP contribution in [0.3, 0.4) is 0 Å². The summed E-state index contributed by atoms with van der Waals surface area (Å²) < 4.78 is 28.3. The molecule has 0 aliphatic carbocycles. The zero-order chi connectivity index (χ0) is 25.2. The second-order valence-corrected chi connectivity index (χ2v) is 9.54. The van der Waals surface area contributed by atoms with Crippen molar-refractivity contribution >= 4 is 23.1 Å². The van der Waals surface area contributed by atoms with Gasteiger partial charge in [-0.3, -0.25) is 24.6 Å². The van der Waals surface area contributed by atoms with E-state index in [9.17, 15) is 28.5 Å². The predicted octanol–water partition coefficient (Wildman–Crippen LogP) is 4.78. The molecule has 2 saturated heterocycles. The molecule has 9 heteroatoms. The molecular weight excluding hydrogens is 468 g/mol. The Hall–Kier alpha value is -3.98. The predicted molar refractivity (Wildman–Crippen MR) is 126 cm³/mol. The van der Waals surface area contributed by atoms with Crippen LogP contribution in [-0.4, -0.2) is 34.1 Å². The highest BCUT2D eigenvalue weighted by Crippen LogP contribution is 2.61. The molecule has 0 saturated carbocycles. The second-order valence-electron chi connectivity index (χ2n) is 9.54. The molecule has 3 aromatic carbocycles. The molecular formula is C27H21F2N3O4. The third-order valence-corrected chi connectivity index (χ3v) is 7.84. The maximum Gasteiger partial charge on any atom is 0.269 e. The number of halogens is 2. The molecule has 1 N–H and O–H groups in total. The lowest BCUT2D eigenvalue weighted by Crippen LogP contribution is -2.52. The van der Waals surface area contributed by atoms with Gasteiger partial charge in [-0.05, 0) is 67.4 Å². The van der Waals surface area contributed by atoms with E-state index < -0.39 is 45.6 Å². The largest absolute Gasteiger partial charge is 0.324 e. The van der Waals surface area contributed by atoms with Crippen molar-refractivity contribution in [3.8, 4) is 0 Å². The monoisotopic (exact) mass is 489 g/mol. The number of hydrogen-bond donors (Lipinski definition) is 1. The van der Waals surface area contributed by atoms with Crippen molar-refractivity contribution in [2.75, 3.05) is 11.9 Å². The van der Waals surface area contributed by atoms with E-state index in [-0.39, 0.29) is 17.3 Å². The summed E-state index contributed by atoms with van der Waals surface area (Å²) in [5.74, 6) is -3.46. The first-order chi connectivity index (χ1) is 17.3. The van der Waals surface area contributed by atoms with Gasteiger partial charge < -0.3 is 5.32 Å². The number of nitro benzene ring substituents is 1. The van der Waals surface area contributed by atoms with Crippen molar-refractivity contribution < 1.29 is 23.3 Å². The fraction of sp³-hybridized carbons (Fsp3) is 0.259. The van der Waals surface area contributed by atoms with Gasteiger partial charge in [0.2, 0.25) is 5.91 Å². The number of amides is 1. The van der Waals surface area contributed by atoms with E-state index >= 15 is 0 Å². The van der Waals surface area contributed by atoms with Gasteiger partial charge in [0.1, 0.15) is 17.2 Å². The first-order valence-corrected chi connectivity index (χ1v) is 11.7. The van der Waals surface area contributed by atoms with E-state index in [4.69, 9.17) is 0 Å². The number of fused-ring (bicyclic) bond motifs is 4. The number of rotatable bonds is 4. The smallest absolute Gasteiger partial charge is 0.269 e. The third-order valence-electron chi connectivity index (χ3n) is 7.84. The topological polar surface area (TPSA) is 92.5 Å². The SMILES string of the molecule is O=C(c1ccc(F)cc1)C1C(c2cccc([N+](=O)[O-])c2)C2CCCN2[C@@]12C(=O)Nc1ccc(F)cc12. The van der Waals surface area contributed by atoms with E-state index in [0.29, 0.717) is 29.8 Å². The van der Waals surface area contributed by atoms with Crippen molar-refractivity contribution in [1.82, 2.24) is 4.90 Å². The molecule has 1 spiro atoms. The van der Waals surface area contributed by atoms with E-state index in [1.807, 2.05) is 4.90 Å². The molecule has 4 atom stereocenters. The number of benzene rings is 3. The summed E-state index contributed by atoms with van der Waals surface area (Å²) in [5, 5.41) is 14.4. The molecule has 3 heterocycles. The molecule has 3 unspecified atom stereocenters. The highest BCUT2D eigenvalue weighted by atomic mass is 19.1. The number of anilines is 1. The highest BCUT2D eigenvalue weighted by molar-refractivity contribution is 6.12. The Balaban J connectivity index is 1.62. The Morgan fingerprint density at radius 1 is 1.06 bits per heavy atom. The quantitative estimate of drug-likeness (QED) is 0.324. The lowest BCUT2D eigenvalue weighted by atomic mass is 9.68. The number of carbonyl (C=O) groups excluding carboxylic acids is 2. The summed E-state index contributed by atoms with van der Waals surface area (Å²) >= 11 is 0. The minimum Gasteiger partial charge on any atom is -0.324 e. The maximum atomic E-state index is 14.6. The Morgan fingerprint density at radius 3 is 2.56 bits per heavy atom. The lowest BCUT2D eigenvalue weighted by molar-refractivity contribution is -0.384. The molecule has 182 valence electrons. The zero-order valence-electron chi connectivity index (χ0n) is 19.0. The van der Waals surface area contributed by atoms with Crippen LogP contribution in [0.15, 0.2) is 66.7 Å². The fourth-order valence-corrected chi connectivity index (χ4v) is 6.55. The second kappa shape index (κ2) is 8.03. The van der Waals surface area contributed by atoms with Gasteiger partial charge in [0.15, 0.2) is 5.78 Å². The normalized spacial score (nSPS) is 26.6. The van der Waals surface area contributed by atoms with Crippen molar-refractivity contribution in [1.29, 1.82) is 0 Å². The number of carbonyl (C=O) groups is 2. The minimum absolute atomic E-state index is 0.117. The molecule has 6 rings (SSSR count). The van der Waals surface area contributed by atoms with Crippen LogP contribution in [-0.2, 0) is 10.3 Å². The van der Waals surface area contributed by atoms with Gasteiger partial charge in [0.05, 0.1) is 10.8 Å². The van der Waals surface area contributed by atoms with E-state index in [1.165, 1.54) is 54.6 Å². The summed E-state index contributed by atoms with van der Waals surface area (Å²) in [6.45, 7) is 0.507. The van der Waals surface area contributed by atoms with Gasteiger partial charge in [-0.15, -0.1) is 0 Å². The van der Waals surface area contributed by atoms with Crippen molar-refractivity contribution in [3.63, 3.8) is 0 Å². The standard InChI is InChI=1S/C27H21F2N3O4/c28-17-8-6-15(7-9-17)25(33)24-23(16-3-1-4-19(13-16)32(35)36)22-5-2-12-31(22)27(24)20-14-18(29)10-11-21(20)30-26(27)34/h1,3-4,6-11,13-14,22-24H,2,5,12H2,(H,30,34)/t22?,23?,24?,27-/m1/s1. The number of non-ortho nitro benzene ring substituents is 1. The minimum atomic E-state index is -1.50. The highest BCUT2D eigenvalue weighted by Gasteiger charge is 2.69. The van der Waals surface area contributed by atoms with Crippen molar-refractivity contribution in [3.05, 3.63) is 105 Å². The van der Waals surface area contributed by atoms with Gasteiger partial charge in [0, 0.05) is 40.9 Å². The van der Waals surface area contributed by atoms with Crippen molar-refractivity contribution in [2.24, 2.45) is 5.92 Å². The van der Waals surface area contributed by atoms with Crippen molar-refractivity contribution in [2.45, 2.75) is 30.3 Å².